The van der Waals surface area contributed by atoms with E-state index in [-0.39, 0.29) is 6.04 Å². The van der Waals surface area contributed by atoms with E-state index in [1.807, 2.05) is 6.92 Å². The number of hydrogen-bond acceptors (Lipinski definition) is 4. The van der Waals surface area contributed by atoms with Gasteiger partial charge in [0.05, 0.1) is 0 Å². The Labute approximate surface area is 126 Å². The average molecular weight is 298 g/mol. The molecule has 0 radical (unpaired) electrons. The Hall–Kier alpha value is -1.30. The van der Waals surface area contributed by atoms with Gasteiger partial charge in [0, 0.05) is 25.7 Å². The molecule has 1 heterocycles. The standard InChI is InChI=1S/C15H26N2O4/c1-10-8-15(12(18)19,9-17(10)11-6-7-11)16(5)13(20)21-14(2,3)4/h10-11H,6-9H2,1-5H3,(H,18,19). The predicted octanol–water partition coefficient (Wildman–Crippen LogP) is 1.93. The van der Waals surface area contributed by atoms with Gasteiger partial charge in [0.15, 0.2) is 5.54 Å². The number of rotatable bonds is 3. The van der Waals surface area contributed by atoms with Gasteiger partial charge in [-0.15, -0.1) is 0 Å². The zero-order chi connectivity index (χ0) is 16.0. The van der Waals surface area contributed by atoms with Gasteiger partial charge in [0.1, 0.15) is 5.60 Å². The summed E-state index contributed by atoms with van der Waals surface area (Å²) in [5, 5.41) is 9.74. The van der Waals surface area contributed by atoms with E-state index in [4.69, 9.17) is 4.74 Å². The van der Waals surface area contributed by atoms with Crippen molar-refractivity contribution in [3.63, 3.8) is 0 Å². The van der Waals surface area contributed by atoms with Crippen LogP contribution in [0.4, 0.5) is 4.79 Å². The van der Waals surface area contributed by atoms with Crippen molar-refractivity contribution in [1.29, 1.82) is 0 Å². The maximum atomic E-state index is 12.3. The predicted molar refractivity (Wildman–Crippen MR) is 78.2 cm³/mol. The molecule has 0 aromatic rings. The van der Waals surface area contributed by atoms with Gasteiger partial charge in [0.25, 0.3) is 0 Å². The lowest BCUT2D eigenvalue weighted by atomic mass is 9.95. The van der Waals surface area contributed by atoms with Crippen LogP contribution >= 0.6 is 0 Å². The number of hydrogen-bond donors (Lipinski definition) is 1. The Morgan fingerprint density at radius 3 is 2.33 bits per heavy atom. The van der Waals surface area contributed by atoms with Crippen LogP contribution in [0.15, 0.2) is 0 Å². The molecule has 0 aromatic carbocycles. The molecule has 1 aliphatic heterocycles. The van der Waals surface area contributed by atoms with E-state index in [2.05, 4.69) is 4.90 Å². The van der Waals surface area contributed by atoms with Crippen molar-refractivity contribution in [2.24, 2.45) is 0 Å². The van der Waals surface area contributed by atoms with Gasteiger partial charge in [-0.1, -0.05) is 0 Å². The molecule has 1 saturated heterocycles. The number of aliphatic carboxylic acids is 1. The van der Waals surface area contributed by atoms with Crippen LogP contribution in [0.1, 0.15) is 47.0 Å². The lowest BCUT2D eigenvalue weighted by Crippen LogP contribution is -2.58. The molecular weight excluding hydrogens is 272 g/mol. The van der Waals surface area contributed by atoms with Crippen LogP contribution in [0, 0.1) is 0 Å². The highest BCUT2D eigenvalue weighted by atomic mass is 16.6. The molecule has 0 bridgehead atoms. The number of nitrogens with zero attached hydrogens (tertiary/aromatic N) is 2. The Bertz CT molecular complexity index is 441. The quantitative estimate of drug-likeness (QED) is 0.862. The van der Waals surface area contributed by atoms with Gasteiger partial charge in [-0.25, -0.2) is 9.59 Å². The molecule has 6 heteroatoms. The molecule has 1 saturated carbocycles. The number of likely N-dealkylation sites (N-methyl/N-ethyl adjacent to an activating group) is 1. The molecule has 2 atom stereocenters. The second kappa shape index (κ2) is 5.16. The van der Waals surface area contributed by atoms with Crippen molar-refractivity contribution in [1.82, 2.24) is 9.80 Å². The molecule has 21 heavy (non-hydrogen) atoms. The van der Waals surface area contributed by atoms with Crippen LogP contribution in [0.5, 0.6) is 0 Å². The molecule has 1 N–H and O–H groups in total. The van der Waals surface area contributed by atoms with Crippen molar-refractivity contribution in [2.45, 2.75) is 70.2 Å². The zero-order valence-corrected chi connectivity index (χ0v) is 13.5. The molecule has 6 nitrogen and oxygen atoms in total. The molecule has 2 fully saturated rings. The Balaban J connectivity index is 2.19. The van der Waals surface area contributed by atoms with Gasteiger partial charge in [0.2, 0.25) is 0 Å². The van der Waals surface area contributed by atoms with Gasteiger partial charge in [-0.05, 0) is 47.0 Å². The van der Waals surface area contributed by atoms with Crippen LogP contribution in [-0.2, 0) is 9.53 Å². The minimum Gasteiger partial charge on any atom is -0.479 e. The van der Waals surface area contributed by atoms with E-state index < -0.39 is 23.2 Å². The van der Waals surface area contributed by atoms with E-state index in [1.54, 1.807) is 20.8 Å². The van der Waals surface area contributed by atoms with Crippen molar-refractivity contribution in [3.05, 3.63) is 0 Å². The SMILES string of the molecule is CC1CC(C(=O)O)(N(C)C(=O)OC(C)(C)C)CN1C1CC1. The van der Waals surface area contributed by atoms with Gasteiger partial charge >= 0.3 is 12.1 Å². The van der Waals surface area contributed by atoms with E-state index in [0.29, 0.717) is 19.0 Å². The second-order valence-electron chi connectivity index (χ2n) is 7.33. The summed E-state index contributed by atoms with van der Waals surface area (Å²) in [5.41, 5.74) is -1.82. The van der Waals surface area contributed by atoms with Crippen molar-refractivity contribution in [2.75, 3.05) is 13.6 Å². The number of carboxylic acid groups (broad SMARTS) is 1. The Kier molecular flexibility index (Phi) is 3.95. The fourth-order valence-corrected chi connectivity index (χ4v) is 3.07. The summed E-state index contributed by atoms with van der Waals surface area (Å²) in [7, 11) is 1.53. The van der Waals surface area contributed by atoms with Crippen LogP contribution in [0.2, 0.25) is 0 Å². The van der Waals surface area contributed by atoms with E-state index in [9.17, 15) is 14.7 Å². The second-order valence-corrected chi connectivity index (χ2v) is 7.33. The van der Waals surface area contributed by atoms with Gasteiger partial charge in [-0.3, -0.25) is 9.80 Å². The highest BCUT2D eigenvalue weighted by Gasteiger charge is 2.55. The molecular formula is C15H26N2O4. The van der Waals surface area contributed by atoms with E-state index in [1.165, 1.54) is 11.9 Å². The summed E-state index contributed by atoms with van der Waals surface area (Å²) < 4.78 is 5.34. The monoisotopic (exact) mass is 298 g/mol. The van der Waals surface area contributed by atoms with Gasteiger partial charge < -0.3 is 9.84 Å². The zero-order valence-electron chi connectivity index (χ0n) is 13.5. The van der Waals surface area contributed by atoms with E-state index in [0.717, 1.165) is 12.8 Å². The number of amides is 1. The van der Waals surface area contributed by atoms with Crippen LogP contribution in [0.3, 0.4) is 0 Å². The van der Waals surface area contributed by atoms with Crippen molar-refractivity contribution in [3.8, 4) is 0 Å². The summed E-state index contributed by atoms with van der Waals surface area (Å²) in [6.45, 7) is 7.75. The highest BCUT2D eigenvalue weighted by Crippen LogP contribution is 2.40. The number of likely N-dealkylation sites (tertiary alicyclic amines) is 1. The number of carbonyl (C=O) groups excluding carboxylic acids is 1. The fraction of sp³-hybridized carbons (Fsp3) is 0.867. The lowest BCUT2D eigenvalue weighted by Gasteiger charge is -2.36. The normalized spacial score (nSPS) is 30.2. The minimum atomic E-state index is -1.19. The average Bonchev–Trinajstić information content (AvgIpc) is 3.10. The van der Waals surface area contributed by atoms with E-state index >= 15 is 0 Å². The first kappa shape index (κ1) is 16.1. The highest BCUT2D eigenvalue weighted by molar-refractivity contribution is 5.85. The summed E-state index contributed by atoms with van der Waals surface area (Å²) in [6, 6.07) is 0.645. The molecule has 1 amide bonds. The maximum Gasteiger partial charge on any atom is 0.411 e. The fourth-order valence-electron chi connectivity index (χ4n) is 3.07. The lowest BCUT2D eigenvalue weighted by molar-refractivity contribution is -0.149. The number of carbonyl (C=O) groups is 2. The van der Waals surface area contributed by atoms with Gasteiger partial charge in [-0.2, -0.15) is 0 Å². The third kappa shape index (κ3) is 3.15. The number of carboxylic acids is 1. The molecule has 2 aliphatic rings. The Morgan fingerprint density at radius 2 is 1.90 bits per heavy atom. The third-order valence-corrected chi connectivity index (χ3v) is 4.37. The molecule has 0 aromatic heterocycles. The molecule has 1 aliphatic carbocycles. The third-order valence-electron chi connectivity index (χ3n) is 4.37. The topological polar surface area (TPSA) is 70.1 Å². The summed E-state index contributed by atoms with van der Waals surface area (Å²) in [4.78, 5) is 27.7. The molecule has 0 spiro atoms. The number of ether oxygens (including phenoxy) is 1. The molecule has 2 rings (SSSR count). The van der Waals surface area contributed by atoms with Crippen molar-refractivity contribution >= 4 is 12.1 Å². The first-order chi connectivity index (χ1) is 9.57. The summed E-state index contributed by atoms with van der Waals surface area (Å²) >= 11 is 0. The Morgan fingerprint density at radius 1 is 1.33 bits per heavy atom. The minimum absolute atomic E-state index is 0.165. The van der Waals surface area contributed by atoms with Crippen LogP contribution in [-0.4, -0.2) is 63.8 Å². The molecule has 2 unspecified atom stereocenters. The summed E-state index contributed by atoms with van der Waals surface area (Å²) in [6.07, 6.45) is 2.11. The maximum absolute atomic E-state index is 12.3. The smallest absolute Gasteiger partial charge is 0.411 e. The first-order valence-corrected chi connectivity index (χ1v) is 7.53. The molecule has 120 valence electrons. The van der Waals surface area contributed by atoms with Crippen LogP contribution in [0.25, 0.3) is 0 Å². The largest absolute Gasteiger partial charge is 0.479 e. The van der Waals surface area contributed by atoms with Crippen molar-refractivity contribution < 1.29 is 19.4 Å². The summed E-state index contributed by atoms with van der Waals surface area (Å²) in [5.74, 6) is -0.953. The van der Waals surface area contributed by atoms with Crippen LogP contribution < -0.4 is 0 Å². The first-order valence-electron chi connectivity index (χ1n) is 7.53.